The van der Waals surface area contributed by atoms with Crippen LogP contribution in [0.25, 0.3) is 0 Å². The molecule has 0 aliphatic heterocycles. The molecule has 5 nitrogen and oxygen atoms in total. The third-order valence-corrected chi connectivity index (χ3v) is 2.93. The number of methoxy groups -OCH3 is 1. The molecule has 0 aliphatic rings. The normalized spacial score (nSPS) is 9.95. The highest BCUT2D eigenvalue weighted by atomic mass is 35.5. The number of carbonyl (C=O) groups is 1. The largest absolute Gasteiger partial charge is 0.481 e. The molecule has 0 saturated heterocycles. The summed E-state index contributed by atoms with van der Waals surface area (Å²) in [5, 5.41) is 6.21. The summed E-state index contributed by atoms with van der Waals surface area (Å²) in [7, 11) is 3.28. The average Bonchev–Trinajstić information content (AvgIpc) is 2.48. The molecule has 0 aliphatic carbocycles. The van der Waals surface area contributed by atoms with E-state index in [-0.39, 0.29) is 5.91 Å². The lowest BCUT2D eigenvalue weighted by atomic mass is 10.1. The SMILES string of the molecule is CNc1ccc(Cl)cc1C(=O)Nc1ccc(OC)nc1. The molecule has 0 fully saturated rings. The maximum atomic E-state index is 12.2. The summed E-state index contributed by atoms with van der Waals surface area (Å²) in [5.74, 6) is 0.227. The van der Waals surface area contributed by atoms with Crippen LogP contribution in [-0.2, 0) is 0 Å². The van der Waals surface area contributed by atoms with Gasteiger partial charge in [-0.15, -0.1) is 0 Å². The van der Waals surface area contributed by atoms with Gasteiger partial charge in [0.15, 0.2) is 0 Å². The van der Waals surface area contributed by atoms with E-state index in [1.165, 1.54) is 13.3 Å². The highest BCUT2D eigenvalue weighted by Crippen LogP contribution is 2.21. The molecule has 2 rings (SSSR count). The Bertz CT molecular complexity index is 614. The second-order valence-electron chi connectivity index (χ2n) is 3.98. The van der Waals surface area contributed by atoms with Gasteiger partial charge in [-0.3, -0.25) is 4.79 Å². The van der Waals surface area contributed by atoms with Crippen molar-refractivity contribution in [2.24, 2.45) is 0 Å². The van der Waals surface area contributed by atoms with E-state index in [9.17, 15) is 4.79 Å². The van der Waals surface area contributed by atoms with Crippen molar-refractivity contribution >= 4 is 28.9 Å². The van der Waals surface area contributed by atoms with Crippen LogP contribution in [0, 0.1) is 0 Å². The van der Waals surface area contributed by atoms with Gasteiger partial charge in [-0.1, -0.05) is 11.6 Å². The van der Waals surface area contributed by atoms with Gasteiger partial charge in [0, 0.05) is 23.8 Å². The maximum Gasteiger partial charge on any atom is 0.257 e. The molecule has 0 radical (unpaired) electrons. The smallest absolute Gasteiger partial charge is 0.257 e. The molecule has 104 valence electrons. The second kappa shape index (κ2) is 6.25. The lowest BCUT2D eigenvalue weighted by Gasteiger charge is -2.10. The predicted octanol–water partition coefficient (Wildman–Crippen LogP) is 3.04. The van der Waals surface area contributed by atoms with Crippen LogP contribution >= 0.6 is 11.6 Å². The fraction of sp³-hybridized carbons (Fsp3) is 0.143. The number of amides is 1. The van der Waals surface area contributed by atoms with Crippen molar-refractivity contribution in [3.8, 4) is 5.88 Å². The van der Waals surface area contributed by atoms with E-state index in [1.807, 2.05) is 0 Å². The molecule has 1 aromatic heterocycles. The van der Waals surface area contributed by atoms with Crippen LogP contribution in [0.3, 0.4) is 0 Å². The van der Waals surface area contributed by atoms with Crippen LogP contribution in [0.15, 0.2) is 36.5 Å². The molecule has 0 spiro atoms. The van der Waals surface area contributed by atoms with Crippen molar-refractivity contribution in [2.45, 2.75) is 0 Å². The summed E-state index contributed by atoms with van der Waals surface area (Å²) in [6.45, 7) is 0. The number of anilines is 2. The average molecular weight is 292 g/mol. The van der Waals surface area contributed by atoms with E-state index in [1.54, 1.807) is 37.4 Å². The molecule has 2 N–H and O–H groups in total. The minimum atomic E-state index is -0.260. The van der Waals surface area contributed by atoms with Crippen LogP contribution in [0.1, 0.15) is 10.4 Å². The number of aromatic nitrogens is 1. The van der Waals surface area contributed by atoms with Gasteiger partial charge < -0.3 is 15.4 Å². The second-order valence-corrected chi connectivity index (χ2v) is 4.42. The van der Waals surface area contributed by atoms with E-state index in [0.29, 0.717) is 27.8 Å². The monoisotopic (exact) mass is 291 g/mol. The predicted molar refractivity (Wildman–Crippen MR) is 79.7 cm³/mol. The summed E-state index contributed by atoms with van der Waals surface area (Å²) in [5.41, 5.74) is 1.75. The molecule has 1 heterocycles. The Morgan fingerprint density at radius 3 is 2.70 bits per heavy atom. The fourth-order valence-corrected chi connectivity index (χ4v) is 1.87. The number of carbonyl (C=O) groups excluding carboxylic acids is 1. The highest BCUT2D eigenvalue weighted by molar-refractivity contribution is 6.31. The zero-order valence-corrected chi connectivity index (χ0v) is 11.9. The first-order valence-electron chi connectivity index (χ1n) is 5.92. The van der Waals surface area contributed by atoms with Crippen LogP contribution in [0.5, 0.6) is 5.88 Å². The number of ether oxygens (including phenoxy) is 1. The Balaban J connectivity index is 2.20. The van der Waals surface area contributed by atoms with Gasteiger partial charge in [0.25, 0.3) is 5.91 Å². The Morgan fingerprint density at radius 2 is 2.10 bits per heavy atom. The Hall–Kier alpha value is -2.27. The molecule has 0 saturated carbocycles. The molecule has 0 bridgehead atoms. The number of nitrogens with zero attached hydrogens (tertiary/aromatic N) is 1. The zero-order valence-electron chi connectivity index (χ0n) is 11.1. The van der Waals surface area contributed by atoms with E-state index >= 15 is 0 Å². The first-order chi connectivity index (χ1) is 9.63. The third-order valence-electron chi connectivity index (χ3n) is 2.70. The van der Waals surface area contributed by atoms with Gasteiger partial charge in [0.1, 0.15) is 0 Å². The maximum absolute atomic E-state index is 12.2. The van der Waals surface area contributed by atoms with Crippen molar-refractivity contribution in [3.05, 3.63) is 47.1 Å². The van der Waals surface area contributed by atoms with Crippen LogP contribution in [-0.4, -0.2) is 25.0 Å². The molecule has 6 heteroatoms. The van der Waals surface area contributed by atoms with E-state index in [2.05, 4.69) is 15.6 Å². The fourth-order valence-electron chi connectivity index (χ4n) is 1.70. The number of hydrogen-bond acceptors (Lipinski definition) is 4. The molecule has 0 atom stereocenters. The van der Waals surface area contributed by atoms with Crippen molar-refractivity contribution in [1.82, 2.24) is 4.98 Å². The van der Waals surface area contributed by atoms with E-state index < -0.39 is 0 Å². The number of pyridine rings is 1. The van der Waals surface area contributed by atoms with Gasteiger partial charge >= 0.3 is 0 Å². The van der Waals surface area contributed by atoms with Crippen molar-refractivity contribution < 1.29 is 9.53 Å². The summed E-state index contributed by atoms with van der Waals surface area (Å²) in [6.07, 6.45) is 1.53. The van der Waals surface area contributed by atoms with E-state index in [0.717, 1.165) is 0 Å². The molecule has 2 aromatic rings. The molecule has 0 unspecified atom stereocenters. The Labute approximate surface area is 121 Å². The minimum Gasteiger partial charge on any atom is -0.481 e. The molecule has 1 amide bonds. The third kappa shape index (κ3) is 3.19. The Morgan fingerprint density at radius 1 is 1.30 bits per heavy atom. The summed E-state index contributed by atoms with van der Waals surface area (Å²) < 4.78 is 4.96. The standard InChI is InChI=1S/C14H14ClN3O2/c1-16-12-5-3-9(15)7-11(12)14(19)18-10-4-6-13(20-2)17-8-10/h3-8,16H,1-2H3,(H,18,19). The summed E-state index contributed by atoms with van der Waals surface area (Å²) in [6, 6.07) is 8.47. The molecular weight excluding hydrogens is 278 g/mol. The number of rotatable bonds is 4. The first-order valence-corrected chi connectivity index (χ1v) is 6.30. The Kier molecular flexibility index (Phi) is 4.42. The molecule has 1 aromatic carbocycles. The van der Waals surface area contributed by atoms with Crippen molar-refractivity contribution in [1.29, 1.82) is 0 Å². The van der Waals surface area contributed by atoms with Crippen molar-refractivity contribution in [2.75, 3.05) is 24.8 Å². The molecule has 20 heavy (non-hydrogen) atoms. The summed E-state index contributed by atoms with van der Waals surface area (Å²) >= 11 is 5.92. The van der Waals surface area contributed by atoms with Crippen LogP contribution in [0.2, 0.25) is 5.02 Å². The van der Waals surface area contributed by atoms with Crippen molar-refractivity contribution in [3.63, 3.8) is 0 Å². The van der Waals surface area contributed by atoms with Gasteiger partial charge in [-0.2, -0.15) is 0 Å². The zero-order chi connectivity index (χ0) is 14.5. The lowest BCUT2D eigenvalue weighted by Crippen LogP contribution is -2.14. The van der Waals surface area contributed by atoms with Gasteiger partial charge in [-0.05, 0) is 24.3 Å². The van der Waals surface area contributed by atoms with Gasteiger partial charge in [0.2, 0.25) is 5.88 Å². The first kappa shape index (κ1) is 14.1. The number of halogens is 1. The number of nitrogens with one attached hydrogen (secondary N) is 2. The van der Waals surface area contributed by atoms with Crippen LogP contribution in [0.4, 0.5) is 11.4 Å². The van der Waals surface area contributed by atoms with E-state index in [4.69, 9.17) is 16.3 Å². The highest BCUT2D eigenvalue weighted by Gasteiger charge is 2.12. The van der Waals surface area contributed by atoms with Gasteiger partial charge in [0.05, 0.1) is 24.6 Å². The molecular formula is C14H14ClN3O2. The number of benzene rings is 1. The lowest BCUT2D eigenvalue weighted by molar-refractivity contribution is 0.102. The van der Waals surface area contributed by atoms with Crippen LogP contribution < -0.4 is 15.4 Å². The minimum absolute atomic E-state index is 0.260. The summed E-state index contributed by atoms with van der Waals surface area (Å²) in [4.78, 5) is 16.3. The quantitative estimate of drug-likeness (QED) is 0.909. The topological polar surface area (TPSA) is 63.2 Å². The van der Waals surface area contributed by atoms with Gasteiger partial charge in [-0.25, -0.2) is 4.98 Å². The number of hydrogen-bond donors (Lipinski definition) is 2.